The van der Waals surface area contributed by atoms with Gasteiger partial charge in [0, 0.05) is 26.6 Å². The van der Waals surface area contributed by atoms with Crippen LogP contribution in [0.15, 0.2) is 35.9 Å². The molecule has 0 saturated carbocycles. The number of hydrogen-bond acceptors (Lipinski definition) is 7. The van der Waals surface area contributed by atoms with Crippen molar-refractivity contribution in [3.63, 3.8) is 0 Å². The van der Waals surface area contributed by atoms with Crippen molar-refractivity contribution in [3.8, 4) is 11.5 Å². The highest BCUT2D eigenvalue weighted by Gasteiger charge is 2.50. The van der Waals surface area contributed by atoms with Crippen molar-refractivity contribution in [1.82, 2.24) is 4.90 Å². The molecular formula is C20H23NO7S. The van der Waals surface area contributed by atoms with Gasteiger partial charge in [0.05, 0.1) is 18.8 Å². The number of rotatable bonds is 6. The van der Waals surface area contributed by atoms with E-state index in [0.717, 1.165) is 36.2 Å². The maximum atomic E-state index is 12.1. The Balaban J connectivity index is 1.83. The van der Waals surface area contributed by atoms with E-state index < -0.39 is 27.4 Å². The lowest BCUT2D eigenvalue weighted by molar-refractivity contribution is -0.134. The molecule has 0 saturated heterocycles. The molecule has 0 radical (unpaired) electrons. The number of hydrogen-bond donors (Lipinski definition) is 1. The average molecular weight is 421 g/mol. The molecular weight excluding hydrogens is 398 g/mol. The van der Waals surface area contributed by atoms with Crippen LogP contribution in [0.1, 0.15) is 17.5 Å². The normalized spacial score (nSPS) is 25.6. The van der Waals surface area contributed by atoms with E-state index >= 15 is 0 Å². The summed E-state index contributed by atoms with van der Waals surface area (Å²) >= 11 is 0. The second kappa shape index (κ2) is 7.16. The zero-order valence-electron chi connectivity index (χ0n) is 16.3. The lowest BCUT2D eigenvalue weighted by Gasteiger charge is -2.48. The molecule has 0 unspecified atom stereocenters. The fraction of sp³-hybridized carbons (Fsp3) is 0.450. The van der Waals surface area contributed by atoms with Crippen LogP contribution in [0.25, 0.3) is 0 Å². The van der Waals surface area contributed by atoms with Gasteiger partial charge in [0.15, 0.2) is 17.3 Å². The number of aliphatic carboxylic acids is 1. The molecule has 2 aliphatic heterocycles. The van der Waals surface area contributed by atoms with E-state index in [9.17, 15) is 13.2 Å². The predicted octanol–water partition coefficient (Wildman–Crippen LogP) is 1.46. The van der Waals surface area contributed by atoms with Crippen molar-refractivity contribution >= 4 is 16.1 Å². The Labute approximate surface area is 169 Å². The van der Waals surface area contributed by atoms with E-state index in [1.165, 1.54) is 7.11 Å². The molecule has 0 amide bonds. The number of methoxy groups -OCH3 is 2. The summed E-state index contributed by atoms with van der Waals surface area (Å²) in [6.45, 7) is 1.66. The number of ether oxygens (including phenoxy) is 2. The van der Waals surface area contributed by atoms with E-state index in [2.05, 4.69) is 17.1 Å². The molecule has 0 bridgehead atoms. The smallest absolute Gasteiger partial charge is 0.322 e. The quantitative estimate of drug-likeness (QED) is 0.689. The summed E-state index contributed by atoms with van der Waals surface area (Å²) < 4.78 is 40.4. The monoisotopic (exact) mass is 421 g/mol. The lowest BCUT2D eigenvalue weighted by Crippen LogP contribution is -2.51. The van der Waals surface area contributed by atoms with Crippen LogP contribution < -0.4 is 8.92 Å². The molecule has 3 aliphatic rings. The van der Waals surface area contributed by atoms with Gasteiger partial charge in [0.2, 0.25) is 0 Å². The summed E-state index contributed by atoms with van der Waals surface area (Å²) in [5.74, 6) is -2.34. The summed E-state index contributed by atoms with van der Waals surface area (Å²) in [7, 11) is -1.21. The molecule has 4 rings (SSSR count). The third kappa shape index (κ3) is 3.33. The number of nitrogens with zero attached hydrogens (tertiary/aromatic N) is 1. The molecule has 9 heteroatoms. The number of carboxylic acids is 1. The molecule has 156 valence electrons. The van der Waals surface area contributed by atoms with E-state index in [1.807, 2.05) is 6.08 Å². The third-order valence-corrected chi connectivity index (χ3v) is 6.88. The minimum atomic E-state index is -4.31. The molecule has 2 atom stereocenters. The molecule has 1 aromatic rings. The van der Waals surface area contributed by atoms with Gasteiger partial charge in [-0.05, 0) is 35.3 Å². The second-order valence-corrected chi connectivity index (χ2v) is 8.96. The Kier molecular flexibility index (Phi) is 4.92. The van der Waals surface area contributed by atoms with Crippen LogP contribution in [0.4, 0.5) is 0 Å². The summed E-state index contributed by atoms with van der Waals surface area (Å²) in [6.07, 6.45) is 7.71. The van der Waals surface area contributed by atoms with Gasteiger partial charge in [0.1, 0.15) is 0 Å². The number of carbonyl (C=O) groups is 1. The zero-order valence-corrected chi connectivity index (χ0v) is 17.1. The minimum Gasteiger partial charge on any atom is -0.493 e. The summed E-state index contributed by atoms with van der Waals surface area (Å²) in [4.78, 5) is 13.2. The number of carboxylic acid groups (broad SMARTS) is 1. The first-order valence-corrected chi connectivity index (χ1v) is 10.9. The molecule has 1 aliphatic carbocycles. The Hall–Kier alpha value is -2.36. The highest BCUT2D eigenvalue weighted by atomic mass is 32.2. The van der Waals surface area contributed by atoms with E-state index in [1.54, 1.807) is 19.2 Å². The van der Waals surface area contributed by atoms with Crippen molar-refractivity contribution in [2.45, 2.75) is 24.5 Å². The van der Waals surface area contributed by atoms with E-state index in [4.69, 9.17) is 18.8 Å². The Morgan fingerprint density at radius 1 is 1.31 bits per heavy atom. The molecule has 1 N–H and O–H groups in total. The van der Waals surface area contributed by atoms with Crippen LogP contribution in [0, 0.1) is 0 Å². The van der Waals surface area contributed by atoms with Gasteiger partial charge in [-0.2, -0.15) is 8.42 Å². The molecule has 1 aromatic carbocycles. The van der Waals surface area contributed by atoms with Crippen LogP contribution in [0.5, 0.6) is 11.5 Å². The van der Waals surface area contributed by atoms with Gasteiger partial charge in [0.25, 0.3) is 0 Å². The summed E-state index contributed by atoms with van der Waals surface area (Å²) in [5.41, 5.74) is 2.72. The maximum Gasteiger partial charge on any atom is 0.322 e. The standard InChI is InChI=1S/C20H23NO7S/c1-26-15-4-3-14-6-8-21-7-5-13-9-17(27-2)18(10-16(13)20(14,21)11-15)28-29(24,25)12-19(22)23/h3-4,6,9-10,15H,5,7-8,11-12H2,1-2H3,(H,22,23)/t15-,20-/m0/s1. The van der Waals surface area contributed by atoms with Crippen molar-refractivity contribution in [2.24, 2.45) is 0 Å². The number of fused-ring (bicyclic) bond motifs is 1. The molecule has 1 spiro atoms. The van der Waals surface area contributed by atoms with E-state index in [-0.39, 0.29) is 17.6 Å². The van der Waals surface area contributed by atoms with Gasteiger partial charge < -0.3 is 18.8 Å². The fourth-order valence-corrected chi connectivity index (χ4v) is 5.38. The van der Waals surface area contributed by atoms with Gasteiger partial charge in [-0.15, -0.1) is 0 Å². The van der Waals surface area contributed by atoms with Crippen LogP contribution in [0.3, 0.4) is 0 Å². The fourth-order valence-electron chi connectivity index (χ4n) is 4.61. The van der Waals surface area contributed by atoms with Crippen molar-refractivity contribution in [2.75, 3.05) is 33.1 Å². The second-order valence-electron chi connectivity index (χ2n) is 7.39. The first kappa shape index (κ1) is 19.9. The van der Waals surface area contributed by atoms with Crippen molar-refractivity contribution < 1.29 is 32.0 Å². The van der Waals surface area contributed by atoms with Gasteiger partial charge in [-0.3, -0.25) is 9.69 Å². The van der Waals surface area contributed by atoms with Gasteiger partial charge in [-0.1, -0.05) is 18.2 Å². The number of benzene rings is 1. The molecule has 8 nitrogen and oxygen atoms in total. The SMILES string of the molecule is COc1cc2c(cc1OS(=O)(=O)CC(=O)O)[C@]13C[C@@H](OC)C=CC1=CCN3CC2. The van der Waals surface area contributed by atoms with Crippen LogP contribution >= 0.6 is 0 Å². The van der Waals surface area contributed by atoms with Crippen LogP contribution in [-0.2, 0) is 31.6 Å². The summed E-state index contributed by atoms with van der Waals surface area (Å²) in [6, 6.07) is 3.48. The largest absolute Gasteiger partial charge is 0.493 e. The molecule has 2 heterocycles. The minimum absolute atomic E-state index is 0.00139. The first-order valence-electron chi connectivity index (χ1n) is 9.31. The molecule has 29 heavy (non-hydrogen) atoms. The predicted molar refractivity (Wildman–Crippen MR) is 105 cm³/mol. The molecule has 0 aromatic heterocycles. The highest BCUT2D eigenvalue weighted by molar-refractivity contribution is 7.87. The summed E-state index contributed by atoms with van der Waals surface area (Å²) in [5, 5.41) is 8.85. The molecule has 0 fully saturated rings. The maximum absolute atomic E-state index is 12.1. The zero-order chi connectivity index (χ0) is 20.8. The van der Waals surface area contributed by atoms with Crippen LogP contribution in [-0.4, -0.2) is 63.6 Å². The Morgan fingerprint density at radius 2 is 2.10 bits per heavy atom. The Morgan fingerprint density at radius 3 is 2.79 bits per heavy atom. The Bertz CT molecular complexity index is 1010. The first-order chi connectivity index (χ1) is 13.8. The van der Waals surface area contributed by atoms with Crippen molar-refractivity contribution in [3.05, 3.63) is 47.1 Å². The highest BCUT2D eigenvalue weighted by Crippen LogP contribution is 2.52. The topological polar surface area (TPSA) is 102 Å². The van der Waals surface area contributed by atoms with Gasteiger partial charge >= 0.3 is 16.1 Å². The van der Waals surface area contributed by atoms with E-state index in [0.29, 0.717) is 6.42 Å². The lowest BCUT2D eigenvalue weighted by atomic mass is 9.71. The van der Waals surface area contributed by atoms with Gasteiger partial charge in [-0.25, -0.2) is 0 Å². The third-order valence-electron chi connectivity index (χ3n) is 5.84. The van der Waals surface area contributed by atoms with Crippen molar-refractivity contribution in [1.29, 1.82) is 0 Å². The average Bonchev–Trinajstić information content (AvgIpc) is 3.05. The van der Waals surface area contributed by atoms with Crippen LogP contribution in [0.2, 0.25) is 0 Å².